The standard InChI is InChI=1S/C16H13N3O3/c1-18-12-7-10(4-5-14(12)22-9-15(18)21)11-8-19-6-2-3-13(20)16(19)17-11/h2-8,20H,9H2,1H3. The molecule has 6 heteroatoms. The molecule has 0 unspecified atom stereocenters. The number of benzene rings is 1. The monoisotopic (exact) mass is 295 g/mol. The molecule has 6 nitrogen and oxygen atoms in total. The van der Waals surface area contributed by atoms with E-state index in [1.165, 1.54) is 0 Å². The van der Waals surface area contributed by atoms with Gasteiger partial charge in [-0.3, -0.25) is 4.79 Å². The molecule has 3 heterocycles. The molecule has 2 aromatic heterocycles. The highest BCUT2D eigenvalue weighted by atomic mass is 16.5. The number of carbonyl (C=O) groups excluding carboxylic acids is 1. The Hall–Kier alpha value is -3.02. The maximum absolute atomic E-state index is 11.7. The number of likely N-dealkylation sites (N-methyl/N-ethyl adjacent to an activating group) is 1. The fourth-order valence-electron chi connectivity index (χ4n) is 2.57. The molecule has 1 aliphatic heterocycles. The summed E-state index contributed by atoms with van der Waals surface area (Å²) in [5.74, 6) is 0.720. The third-order valence-electron chi connectivity index (χ3n) is 3.80. The number of imidazole rings is 1. The predicted molar refractivity (Wildman–Crippen MR) is 81.2 cm³/mol. The number of carbonyl (C=O) groups is 1. The summed E-state index contributed by atoms with van der Waals surface area (Å²) in [5.41, 5.74) is 2.79. The molecule has 1 amide bonds. The van der Waals surface area contributed by atoms with Gasteiger partial charge in [0.2, 0.25) is 0 Å². The van der Waals surface area contributed by atoms with E-state index in [0.29, 0.717) is 11.4 Å². The lowest BCUT2D eigenvalue weighted by atomic mass is 10.1. The molecule has 0 atom stereocenters. The SMILES string of the molecule is CN1C(=O)COc2ccc(-c3cn4cccc(O)c4n3)cc21. The normalized spacial score (nSPS) is 14.0. The molecule has 0 aliphatic carbocycles. The molecule has 4 rings (SSSR count). The van der Waals surface area contributed by atoms with Gasteiger partial charge in [0.25, 0.3) is 5.91 Å². The highest BCUT2D eigenvalue weighted by Crippen LogP contribution is 2.35. The minimum Gasteiger partial charge on any atom is -0.504 e. The van der Waals surface area contributed by atoms with Crippen LogP contribution in [-0.4, -0.2) is 34.1 Å². The van der Waals surface area contributed by atoms with Crippen molar-refractivity contribution in [2.75, 3.05) is 18.6 Å². The van der Waals surface area contributed by atoms with Gasteiger partial charge in [-0.15, -0.1) is 0 Å². The maximum Gasteiger partial charge on any atom is 0.264 e. The smallest absolute Gasteiger partial charge is 0.264 e. The molecule has 0 saturated carbocycles. The van der Waals surface area contributed by atoms with Crippen LogP contribution in [-0.2, 0) is 4.79 Å². The Morgan fingerprint density at radius 1 is 1.32 bits per heavy atom. The van der Waals surface area contributed by atoms with Crippen LogP contribution in [0.1, 0.15) is 0 Å². The summed E-state index contributed by atoms with van der Waals surface area (Å²) in [6.45, 7) is 0.0606. The van der Waals surface area contributed by atoms with Crippen LogP contribution in [0.4, 0.5) is 5.69 Å². The Morgan fingerprint density at radius 2 is 2.18 bits per heavy atom. The number of anilines is 1. The fraction of sp³-hybridized carbons (Fsp3) is 0.125. The van der Waals surface area contributed by atoms with Gasteiger partial charge < -0.3 is 19.1 Å². The van der Waals surface area contributed by atoms with E-state index < -0.39 is 0 Å². The Morgan fingerprint density at radius 3 is 3.00 bits per heavy atom. The van der Waals surface area contributed by atoms with Crippen molar-refractivity contribution in [2.24, 2.45) is 0 Å². The number of rotatable bonds is 1. The first-order chi connectivity index (χ1) is 10.6. The zero-order valence-corrected chi connectivity index (χ0v) is 11.9. The van der Waals surface area contributed by atoms with Crippen LogP contribution in [0.15, 0.2) is 42.7 Å². The van der Waals surface area contributed by atoms with E-state index in [2.05, 4.69) is 4.98 Å². The first kappa shape index (κ1) is 12.7. The molecule has 0 saturated heterocycles. The Balaban J connectivity index is 1.85. The van der Waals surface area contributed by atoms with Gasteiger partial charge in [-0.25, -0.2) is 4.98 Å². The largest absolute Gasteiger partial charge is 0.504 e. The third-order valence-corrected chi connectivity index (χ3v) is 3.80. The lowest BCUT2D eigenvalue weighted by Gasteiger charge is -2.26. The lowest BCUT2D eigenvalue weighted by Crippen LogP contribution is -2.35. The number of amides is 1. The average Bonchev–Trinajstić information content (AvgIpc) is 2.96. The summed E-state index contributed by atoms with van der Waals surface area (Å²) in [6, 6.07) is 8.93. The molecule has 0 fully saturated rings. The Kier molecular flexibility index (Phi) is 2.59. The summed E-state index contributed by atoms with van der Waals surface area (Å²) < 4.78 is 7.18. The molecule has 0 radical (unpaired) electrons. The zero-order chi connectivity index (χ0) is 15.3. The highest BCUT2D eigenvalue weighted by Gasteiger charge is 2.22. The fourth-order valence-corrected chi connectivity index (χ4v) is 2.57. The van der Waals surface area contributed by atoms with Crippen molar-refractivity contribution < 1.29 is 14.6 Å². The van der Waals surface area contributed by atoms with Crippen LogP contribution in [0, 0.1) is 0 Å². The van der Waals surface area contributed by atoms with Gasteiger partial charge in [-0.2, -0.15) is 0 Å². The summed E-state index contributed by atoms with van der Waals surface area (Å²) in [4.78, 5) is 17.8. The molecular formula is C16H13N3O3. The summed E-state index contributed by atoms with van der Waals surface area (Å²) in [7, 11) is 1.73. The molecule has 1 N–H and O–H groups in total. The molecule has 1 aromatic carbocycles. The molecule has 0 spiro atoms. The number of nitrogens with zero attached hydrogens (tertiary/aromatic N) is 3. The van der Waals surface area contributed by atoms with Crippen molar-refractivity contribution >= 4 is 17.2 Å². The van der Waals surface area contributed by atoms with Crippen molar-refractivity contribution in [1.29, 1.82) is 0 Å². The van der Waals surface area contributed by atoms with Gasteiger partial charge in [-0.1, -0.05) is 0 Å². The zero-order valence-electron chi connectivity index (χ0n) is 11.9. The van der Waals surface area contributed by atoms with Crippen LogP contribution in [0.3, 0.4) is 0 Å². The van der Waals surface area contributed by atoms with Gasteiger partial charge in [0.15, 0.2) is 18.0 Å². The van der Waals surface area contributed by atoms with Crippen LogP contribution in [0.25, 0.3) is 16.9 Å². The van der Waals surface area contributed by atoms with E-state index in [9.17, 15) is 9.90 Å². The minimum atomic E-state index is -0.0858. The van der Waals surface area contributed by atoms with E-state index in [-0.39, 0.29) is 18.3 Å². The van der Waals surface area contributed by atoms with Gasteiger partial charge >= 0.3 is 0 Å². The van der Waals surface area contributed by atoms with Crippen LogP contribution in [0.2, 0.25) is 0 Å². The van der Waals surface area contributed by atoms with E-state index in [1.54, 1.807) is 28.5 Å². The molecule has 1 aliphatic rings. The van der Waals surface area contributed by atoms with E-state index in [1.807, 2.05) is 30.6 Å². The van der Waals surface area contributed by atoms with Crippen LogP contribution in [0.5, 0.6) is 11.5 Å². The second-order valence-electron chi connectivity index (χ2n) is 5.17. The van der Waals surface area contributed by atoms with Crippen molar-refractivity contribution in [3.8, 4) is 22.8 Å². The average molecular weight is 295 g/mol. The third kappa shape index (κ3) is 1.81. The molecule has 3 aromatic rings. The number of hydrogen-bond acceptors (Lipinski definition) is 4. The molecule has 110 valence electrons. The van der Waals surface area contributed by atoms with Crippen LogP contribution >= 0.6 is 0 Å². The summed E-state index contributed by atoms with van der Waals surface area (Å²) in [6.07, 6.45) is 3.66. The first-order valence-electron chi connectivity index (χ1n) is 6.84. The number of hydrogen-bond donors (Lipinski definition) is 1. The van der Waals surface area contributed by atoms with Crippen molar-refractivity contribution in [3.05, 3.63) is 42.7 Å². The molecule has 22 heavy (non-hydrogen) atoms. The number of pyridine rings is 1. The Bertz CT molecular complexity index is 901. The summed E-state index contributed by atoms with van der Waals surface area (Å²) >= 11 is 0. The van der Waals surface area contributed by atoms with Crippen molar-refractivity contribution in [2.45, 2.75) is 0 Å². The highest BCUT2D eigenvalue weighted by molar-refractivity contribution is 5.98. The van der Waals surface area contributed by atoms with E-state index in [4.69, 9.17) is 4.74 Å². The summed E-state index contributed by atoms with van der Waals surface area (Å²) in [5, 5.41) is 9.84. The molecule has 0 bridgehead atoms. The van der Waals surface area contributed by atoms with Crippen molar-refractivity contribution in [3.63, 3.8) is 0 Å². The van der Waals surface area contributed by atoms with Crippen molar-refractivity contribution in [1.82, 2.24) is 9.38 Å². The van der Waals surface area contributed by atoms with Gasteiger partial charge in [0.05, 0.1) is 11.4 Å². The Labute approximate surface area is 126 Å². The topological polar surface area (TPSA) is 67.1 Å². The second kappa shape index (κ2) is 4.49. The number of ether oxygens (including phenoxy) is 1. The van der Waals surface area contributed by atoms with Gasteiger partial charge in [0, 0.05) is 25.0 Å². The number of fused-ring (bicyclic) bond motifs is 2. The number of aromatic nitrogens is 2. The maximum atomic E-state index is 11.7. The van der Waals surface area contributed by atoms with Gasteiger partial charge in [-0.05, 0) is 30.3 Å². The quantitative estimate of drug-likeness (QED) is 0.746. The second-order valence-corrected chi connectivity index (χ2v) is 5.17. The lowest BCUT2D eigenvalue weighted by molar-refractivity contribution is -0.120. The van der Waals surface area contributed by atoms with E-state index >= 15 is 0 Å². The molecular weight excluding hydrogens is 282 g/mol. The van der Waals surface area contributed by atoms with E-state index in [0.717, 1.165) is 16.9 Å². The number of aromatic hydroxyl groups is 1. The first-order valence-corrected chi connectivity index (χ1v) is 6.84. The predicted octanol–water partition coefficient (Wildman–Crippen LogP) is 2.06. The van der Waals surface area contributed by atoms with Gasteiger partial charge in [0.1, 0.15) is 5.75 Å². The minimum absolute atomic E-state index is 0.0606. The van der Waals surface area contributed by atoms with Crippen LogP contribution < -0.4 is 9.64 Å².